The molecular weight excluding hydrogens is 348 g/mol. The number of aryl methyl sites for hydroxylation is 2. The molecule has 4 heteroatoms. The normalized spacial score (nSPS) is 10.6. The van der Waals surface area contributed by atoms with Crippen molar-refractivity contribution in [3.8, 4) is 23.0 Å². The van der Waals surface area contributed by atoms with Crippen LogP contribution in [0.3, 0.4) is 0 Å². The number of esters is 1. The molecule has 0 aliphatic heterocycles. The predicted octanol–water partition coefficient (Wildman–Crippen LogP) is 5.38. The Labute approximate surface area is 164 Å². The Kier molecular flexibility index (Phi) is 4.77. The van der Waals surface area contributed by atoms with Gasteiger partial charge in [0.2, 0.25) is 5.88 Å². The maximum atomic E-state index is 12.8. The summed E-state index contributed by atoms with van der Waals surface area (Å²) in [5, 5.41) is 0. The first kappa shape index (κ1) is 17.7. The van der Waals surface area contributed by atoms with Crippen LogP contribution < -0.4 is 4.74 Å². The van der Waals surface area contributed by atoms with E-state index in [1.807, 2.05) is 91.2 Å². The molecule has 4 rings (SSSR count). The second-order valence-electron chi connectivity index (χ2n) is 6.66. The third-order valence-corrected chi connectivity index (χ3v) is 4.62. The van der Waals surface area contributed by atoms with Gasteiger partial charge in [-0.15, -0.1) is 0 Å². The lowest BCUT2D eigenvalue weighted by atomic mass is 10.1. The second kappa shape index (κ2) is 7.53. The van der Waals surface area contributed by atoms with E-state index in [-0.39, 0.29) is 0 Å². The smallest absolute Gasteiger partial charge is 0.345 e. The van der Waals surface area contributed by atoms with Crippen molar-refractivity contribution >= 4 is 5.97 Å². The Bertz CT molecular complexity index is 1110. The molecule has 0 saturated carbocycles. The van der Waals surface area contributed by atoms with Crippen LogP contribution >= 0.6 is 0 Å². The lowest BCUT2D eigenvalue weighted by molar-refractivity contribution is 0.0724. The van der Waals surface area contributed by atoms with Crippen molar-refractivity contribution in [3.63, 3.8) is 0 Å². The minimum Gasteiger partial charge on any atom is -0.404 e. The highest BCUT2D eigenvalue weighted by molar-refractivity contribution is 5.92. The Hall–Kier alpha value is -3.66. The Morgan fingerprint density at radius 1 is 0.857 bits per heavy atom. The molecule has 3 aromatic carbocycles. The first-order chi connectivity index (χ1) is 13.6. The molecule has 0 aliphatic carbocycles. The Morgan fingerprint density at radius 2 is 1.54 bits per heavy atom. The van der Waals surface area contributed by atoms with Gasteiger partial charge in [0.05, 0.1) is 17.4 Å². The van der Waals surface area contributed by atoms with Crippen LogP contribution in [-0.2, 0) is 0 Å². The molecule has 138 valence electrons. The summed E-state index contributed by atoms with van der Waals surface area (Å²) in [7, 11) is 0. The number of ether oxygens (including phenoxy) is 1. The molecule has 28 heavy (non-hydrogen) atoms. The van der Waals surface area contributed by atoms with Gasteiger partial charge >= 0.3 is 5.97 Å². The van der Waals surface area contributed by atoms with Gasteiger partial charge in [-0.05, 0) is 37.6 Å². The van der Waals surface area contributed by atoms with E-state index >= 15 is 0 Å². The first-order valence-corrected chi connectivity index (χ1v) is 9.11. The van der Waals surface area contributed by atoms with Crippen LogP contribution in [0.2, 0.25) is 0 Å². The summed E-state index contributed by atoms with van der Waals surface area (Å²) in [5.74, 6) is 0.707. The average Bonchev–Trinajstić information content (AvgIpc) is 3.13. The Morgan fingerprint density at radius 3 is 2.25 bits per heavy atom. The van der Waals surface area contributed by atoms with Gasteiger partial charge in [-0.3, -0.25) is 4.57 Å². The molecule has 0 saturated heterocycles. The van der Waals surface area contributed by atoms with E-state index in [1.54, 1.807) is 12.3 Å². The first-order valence-electron chi connectivity index (χ1n) is 9.11. The molecule has 0 fully saturated rings. The summed E-state index contributed by atoms with van der Waals surface area (Å²) < 4.78 is 7.63. The van der Waals surface area contributed by atoms with Crippen LogP contribution in [0.25, 0.3) is 17.1 Å². The molecule has 4 aromatic rings. The standard InChI is InChI=1S/C24H20N2O2/c1-17-12-14-20(15-13-17)26-22(16-25-23(26)19-9-4-3-5-10-19)28-24(27)21-11-7-6-8-18(21)2/h3-16H,1-2H3. The van der Waals surface area contributed by atoms with Gasteiger partial charge in [0.1, 0.15) is 5.82 Å². The lowest BCUT2D eigenvalue weighted by Crippen LogP contribution is -2.13. The van der Waals surface area contributed by atoms with Crippen LogP contribution in [0.15, 0.2) is 85.1 Å². The van der Waals surface area contributed by atoms with E-state index in [0.717, 1.165) is 28.2 Å². The molecule has 0 aliphatic rings. The minimum absolute atomic E-state index is 0.385. The summed E-state index contributed by atoms with van der Waals surface area (Å²) in [6, 6.07) is 25.3. The second-order valence-corrected chi connectivity index (χ2v) is 6.66. The fourth-order valence-electron chi connectivity index (χ4n) is 3.09. The highest BCUT2D eigenvalue weighted by atomic mass is 16.5. The highest BCUT2D eigenvalue weighted by Crippen LogP contribution is 2.29. The maximum absolute atomic E-state index is 12.8. The molecular formula is C24H20N2O2. The van der Waals surface area contributed by atoms with E-state index in [4.69, 9.17) is 4.74 Å². The van der Waals surface area contributed by atoms with Gasteiger partial charge in [-0.1, -0.05) is 66.2 Å². The number of nitrogens with zero attached hydrogens (tertiary/aromatic N) is 2. The summed E-state index contributed by atoms with van der Waals surface area (Å²) in [6.45, 7) is 3.93. The van der Waals surface area contributed by atoms with Crippen LogP contribution in [0.5, 0.6) is 5.88 Å². The van der Waals surface area contributed by atoms with E-state index < -0.39 is 5.97 Å². The number of aromatic nitrogens is 2. The highest BCUT2D eigenvalue weighted by Gasteiger charge is 2.19. The molecule has 4 nitrogen and oxygen atoms in total. The molecule has 0 spiro atoms. The van der Waals surface area contributed by atoms with E-state index in [2.05, 4.69) is 4.98 Å². The number of hydrogen-bond donors (Lipinski definition) is 0. The molecule has 0 amide bonds. The zero-order valence-electron chi connectivity index (χ0n) is 15.8. The molecule has 0 N–H and O–H groups in total. The van der Waals surface area contributed by atoms with Crippen LogP contribution in [0.4, 0.5) is 0 Å². The number of carbonyl (C=O) groups excluding carboxylic acids is 1. The van der Waals surface area contributed by atoms with E-state index in [1.165, 1.54) is 0 Å². The monoisotopic (exact) mass is 368 g/mol. The van der Waals surface area contributed by atoms with Crippen molar-refractivity contribution in [2.75, 3.05) is 0 Å². The number of imidazole rings is 1. The van der Waals surface area contributed by atoms with Gasteiger partial charge in [0, 0.05) is 5.56 Å². The SMILES string of the molecule is Cc1ccc(-n2c(OC(=O)c3ccccc3C)cnc2-c2ccccc2)cc1. The number of rotatable bonds is 4. The van der Waals surface area contributed by atoms with E-state index in [9.17, 15) is 4.79 Å². The van der Waals surface area contributed by atoms with Crippen molar-refractivity contribution in [1.82, 2.24) is 9.55 Å². The summed E-state index contributed by atoms with van der Waals surface area (Å²) >= 11 is 0. The molecule has 0 bridgehead atoms. The van der Waals surface area contributed by atoms with E-state index in [0.29, 0.717) is 11.4 Å². The average molecular weight is 368 g/mol. The number of carbonyl (C=O) groups is 1. The molecule has 1 aromatic heterocycles. The zero-order chi connectivity index (χ0) is 19.5. The van der Waals surface area contributed by atoms with Crippen molar-refractivity contribution in [2.24, 2.45) is 0 Å². The number of benzene rings is 3. The Balaban J connectivity index is 1.79. The fourth-order valence-corrected chi connectivity index (χ4v) is 3.09. The molecule has 0 unspecified atom stereocenters. The number of hydrogen-bond acceptors (Lipinski definition) is 3. The van der Waals surface area contributed by atoms with Crippen molar-refractivity contribution in [2.45, 2.75) is 13.8 Å². The van der Waals surface area contributed by atoms with Gasteiger partial charge in [0.15, 0.2) is 0 Å². The fraction of sp³-hybridized carbons (Fsp3) is 0.0833. The van der Waals surface area contributed by atoms with Crippen LogP contribution in [0.1, 0.15) is 21.5 Å². The topological polar surface area (TPSA) is 44.1 Å². The quantitative estimate of drug-likeness (QED) is 0.455. The third kappa shape index (κ3) is 3.45. The molecule has 0 atom stereocenters. The predicted molar refractivity (Wildman–Crippen MR) is 110 cm³/mol. The molecule has 0 radical (unpaired) electrons. The molecule has 1 heterocycles. The van der Waals surface area contributed by atoms with Crippen molar-refractivity contribution < 1.29 is 9.53 Å². The van der Waals surface area contributed by atoms with Crippen molar-refractivity contribution in [1.29, 1.82) is 0 Å². The van der Waals surface area contributed by atoms with Crippen molar-refractivity contribution in [3.05, 3.63) is 102 Å². The maximum Gasteiger partial charge on any atom is 0.345 e. The third-order valence-electron chi connectivity index (χ3n) is 4.62. The van der Waals surface area contributed by atoms with Crippen LogP contribution in [0, 0.1) is 13.8 Å². The van der Waals surface area contributed by atoms with Gasteiger partial charge in [0.25, 0.3) is 0 Å². The summed E-state index contributed by atoms with van der Waals surface area (Å²) in [4.78, 5) is 17.3. The van der Waals surface area contributed by atoms with Crippen LogP contribution in [-0.4, -0.2) is 15.5 Å². The zero-order valence-corrected chi connectivity index (χ0v) is 15.8. The van der Waals surface area contributed by atoms with Gasteiger partial charge in [-0.2, -0.15) is 0 Å². The van der Waals surface area contributed by atoms with Gasteiger partial charge < -0.3 is 4.74 Å². The van der Waals surface area contributed by atoms with Gasteiger partial charge in [-0.25, -0.2) is 9.78 Å². The minimum atomic E-state index is -0.397. The largest absolute Gasteiger partial charge is 0.404 e. The lowest BCUT2D eigenvalue weighted by Gasteiger charge is -2.13. The summed E-state index contributed by atoms with van der Waals surface area (Å²) in [5.41, 5.74) is 4.40. The summed E-state index contributed by atoms with van der Waals surface area (Å²) in [6.07, 6.45) is 1.60.